The summed E-state index contributed by atoms with van der Waals surface area (Å²) in [5.41, 5.74) is 1.42. The maximum atomic E-state index is 13.3. The summed E-state index contributed by atoms with van der Waals surface area (Å²) in [5.74, 6) is 0.148. The van der Waals surface area contributed by atoms with E-state index in [4.69, 9.17) is 22.1 Å². The lowest BCUT2D eigenvalue weighted by molar-refractivity contribution is 0.628. The van der Waals surface area contributed by atoms with Crippen molar-refractivity contribution in [3.05, 3.63) is 75.5 Å². The Hall–Kier alpha value is -2.47. The maximum absolute atomic E-state index is 13.3. The van der Waals surface area contributed by atoms with Crippen LogP contribution >= 0.6 is 23.4 Å². The van der Waals surface area contributed by atoms with Gasteiger partial charge in [0.05, 0.1) is 0 Å². The Balaban J connectivity index is 2.19. The number of benzene rings is 2. The fraction of sp³-hybridized carbons (Fsp3) is 0.0588. The average Bonchev–Trinajstić information content (AvgIpc) is 2.55. The minimum atomic E-state index is -0.396. The van der Waals surface area contributed by atoms with Crippen molar-refractivity contribution in [2.75, 3.05) is 5.32 Å². The van der Waals surface area contributed by atoms with Gasteiger partial charge in [0.25, 0.3) is 0 Å². The summed E-state index contributed by atoms with van der Waals surface area (Å²) in [7, 11) is 0. The van der Waals surface area contributed by atoms with E-state index in [1.807, 2.05) is 24.3 Å². The van der Waals surface area contributed by atoms with Gasteiger partial charge in [-0.25, -0.2) is 4.39 Å². The summed E-state index contributed by atoms with van der Waals surface area (Å²) < 4.78 is 13.3. The number of nitriles is 2. The minimum absolute atomic E-state index is 0.0479. The number of hydrogen-bond donors (Lipinski definition) is 1. The molecule has 0 aromatic heterocycles. The number of anilines is 1. The largest absolute Gasteiger partial charge is 0.348 e. The molecular weight excluding hydrogens is 333 g/mol. The van der Waals surface area contributed by atoms with Gasteiger partial charge in [0.15, 0.2) is 5.57 Å². The van der Waals surface area contributed by atoms with E-state index in [0.717, 1.165) is 5.56 Å². The highest BCUT2D eigenvalue weighted by Crippen LogP contribution is 2.26. The molecule has 0 radical (unpaired) electrons. The van der Waals surface area contributed by atoms with Crippen LogP contribution in [0.15, 0.2) is 59.1 Å². The van der Waals surface area contributed by atoms with Gasteiger partial charge >= 0.3 is 0 Å². The van der Waals surface area contributed by atoms with Crippen LogP contribution in [-0.2, 0) is 5.75 Å². The lowest BCUT2D eigenvalue weighted by Gasteiger charge is -2.11. The molecule has 0 unspecified atom stereocenters. The van der Waals surface area contributed by atoms with Crippen molar-refractivity contribution < 1.29 is 4.39 Å². The Morgan fingerprint density at radius 2 is 1.83 bits per heavy atom. The van der Waals surface area contributed by atoms with Crippen LogP contribution in [0.1, 0.15) is 5.56 Å². The summed E-state index contributed by atoms with van der Waals surface area (Å²) in [6.07, 6.45) is 0. The Morgan fingerprint density at radius 1 is 1.13 bits per heavy atom. The standard InChI is InChI=1S/C17H11ClFN3S/c18-14-6-4-12(5-7-14)11-23-17(13(9-20)10-21)22-16-3-1-2-15(19)8-16/h1-8,22H,11H2. The predicted octanol–water partition coefficient (Wildman–Crippen LogP) is 5.08. The van der Waals surface area contributed by atoms with Crippen molar-refractivity contribution in [3.63, 3.8) is 0 Å². The first-order chi connectivity index (χ1) is 11.1. The molecule has 0 spiro atoms. The molecule has 0 heterocycles. The first kappa shape index (κ1) is 16.9. The van der Waals surface area contributed by atoms with Crippen LogP contribution in [0.2, 0.25) is 5.02 Å². The zero-order valence-corrected chi connectivity index (χ0v) is 13.5. The quantitative estimate of drug-likeness (QED) is 0.769. The zero-order chi connectivity index (χ0) is 16.7. The van der Waals surface area contributed by atoms with E-state index in [2.05, 4.69) is 5.32 Å². The van der Waals surface area contributed by atoms with Crippen LogP contribution in [0.3, 0.4) is 0 Å². The highest BCUT2D eigenvalue weighted by atomic mass is 35.5. The second kappa shape index (κ2) is 8.24. The summed E-state index contributed by atoms with van der Waals surface area (Å²) >= 11 is 7.14. The van der Waals surface area contributed by atoms with Crippen LogP contribution in [0.5, 0.6) is 0 Å². The van der Waals surface area contributed by atoms with Crippen LogP contribution in [0.25, 0.3) is 0 Å². The lowest BCUT2D eigenvalue weighted by atomic mass is 10.2. The number of halogens is 2. The smallest absolute Gasteiger partial charge is 0.159 e. The lowest BCUT2D eigenvalue weighted by Crippen LogP contribution is -2.00. The number of hydrogen-bond acceptors (Lipinski definition) is 4. The van der Waals surface area contributed by atoms with Gasteiger partial charge < -0.3 is 5.32 Å². The Kier molecular flexibility index (Phi) is 6.05. The first-order valence-corrected chi connectivity index (χ1v) is 7.93. The number of thioether (sulfide) groups is 1. The van der Waals surface area contributed by atoms with E-state index in [0.29, 0.717) is 21.5 Å². The van der Waals surface area contributed by atoms with Crippen LogP contribution in [0.4, 0.5) is 10.1 Å². The number of allylic oxidation sites excluding steroid dienone is 1. The summed E-state index contributed by atoms with van der Waals surface area (Å²) in [6, 6.07) is 16.8. The minimum Gasteiger partial charge on any atom is -0.348 e. The number of rotatable bonds is 5. The molecule has 114 valence electrons. The van der Waals surface area contributed by atoms with E-state index in [9.17, 15) is 4.39 Å². The third-order valence-corrected chi connectivity index (χ3v) is 4.15. The van der Waals surface area contributed by atoms with E-state index in [1.165, 1.54) is 23.9 Å². The average molecular weight is 344 g/mol. The molecule has 0 atom stereocenters. The van der Waals surface area contributed by atoms with Gasteiger partial charge in [-0.05, 0) is 35.9 Å². The molecule has 23 heavy (non-hydrogen) atoms. The van der Waals surface area contributed by atoms with Gasteiger partial charge in [0.2, 0.25) is 0 Å². The molecule has 0 aliphatic rings. The molecule has 3 nitrogen and oxygen atoms in total. The SMILES string of the molecule is N#CC(C#N)=C(Nc1cccc(F)c1)SCc1ccc(Cl)cc1. The molecule has 2 aromatic rings. The normalized spacial score (nSPS) is 9.57. The van der Waals surface area contributed by atoms with E-state index in [-0.39, 0.29) is 5.57 Å². The van der Waals surface area contributed by atoms with Crippen molar-refractivity contribution in [1.82, 2.24) is 0 Å². The van der Waals surface area contributed by atoms with Gasteiger partial charge in [-0.2, -0.15) is 10.5 Å². The van der Waals surface area contributed by atoms with Gasteiger partial charge in [0, 0.05) is 16.5 Å². The molecule has 0 saturated heterocycles. The molecule has 0 aliphatic carbocycles. The Bertz CT molecular complexity index is 788. The van der Waals surface area contributed by atoms with Crippen molar-refractivity contribution in [2.24, 2.45) is 0 Å². The van der Waals surface area contributed by atoms with Gasteiger partial charge in [-0.1, -0.05) is 29.8 Å². The molecule has 0 saturated carbocycles. The van der Waals surface area contributed by atoms with E-state index in [1.54, 1.807) is 24.3 Å². The Morgan fingerprint density at radius 3 is 2.43 bits per heavy atom. The molecular formula is C17H11ClFN3S. The van der Waals surface area contributed by atoms with Gasteiger partial charge in [-0.15, -0.1) is 11.8 Å². The van der Waals surface area contributed by atoms with Crippen LogP contribution in [-0.4, -0.2) is 0 Å². The topological polar surface area (TPSA) is 59.6 Å². The summed E-state index contributed by atoms with van der Waals surface area (Å²) in [4.78, 5) is 0. The van der Waals surface area contributed by atoms with Gasteiger partial charge in [-0.3, -0.25) is 0 Å². The van der Waals surface area contributed by atoms with Crippen molar-refractivity contribution in [2.45, 2.75) is 5.75 Å². The van der Waals surface area contributed by atoms with Crippen LogP contribution in [0, 0.1) is 28.5 Å². The highest BCUT2D eigenvalue weighted by molar-refractivity contribution is 8.02. The monoisotopic (exact) mass is 343 g/mol. The number of nitrogens with one attached hydrogen (secondary N) is 1. The fourth-order valence-electron chi connectivity index (χ4n) is 1.73. The highest BCUT2D eigenvalue weighted by Gasteiger charge is 2.09. The van der Waals surface area contributed by atoms with E-state index >= 15 is 0 Å². The first-order valence-electron chi connectivity index (χ1n) is 6.56. The van der Waals surface area contributed by atoms with Gasteiger partial charge in [0.1, 0.15) is 23.0 Å². The molecule has 6 heteroatoms. The zero-order valence-electron chi connectivity index (χ0n) is 11.9. The molecule has 0 bridgehead atoms. The summed E-state index contributed by atoms with van der Waals surface area (Å²) in [5, 5.41) is 22.1. The molecule has 2 rings (SSSR count). The Labute approximate surface area is 143 Å². The third-order valence-electron chi connectivity index (χ3n) is 2.83. The van der Waals surface area contributed by atoms with Crippen molar-refractivity contribution in [1.29, 1.82) is 10.5 Å². The third kappa shape index (κ3) is 5.03. The summed E-state index contributed by atoms with van der Waals surface area (Å²) in [6.45, 7) is 0. The second-order valence-electron chi connectivity index (χ2n) is 4.48. The molecule has 1 N–H and O–H groups in total. The van der Waals surface area contributed by atoms with Crippen LogP contribution < -0.4 is 5.32 Å². The van der Waals surface area contributed by atoms with Crippen molar-refractivity contribution >= 4 is 29.1 Å². The molecule has 2 aromatic carbocycles. The maximum Gasteiger partial charge on any atom is 0.159 e. The van der Waals surface area contributed by atoms with E-state index < -0.39 is 5.82 Å². The molecule has 0 fully saturated rings. The second-order valence-corrected chi connectivity index (χ2v) is 5.90. The predicted molar refractivity (Wildman–Crippen MR) is 91.0 cm³/mol. The fourth-order valence-corrected chi connectivity index (χ4v) is 2.79. The molecule has 0 aliphatic heterocycles. The van der Waals surface area contributed by atoms with Crippen molar-refractivity contribution in [3.8, 4) is 12.1 Å². The number of nitrogens with zero attached hydrogens (tertiary/aromatic N) is 2. The molecule has 0 amide bonds.